The van der Waals surface area contributed by atoms with Crippen LogP contribution in [-0.4, -0.2) is 38.7 Å². The Kier molecular flexibility index (Phi) is 7.18. The largest absolute Gasteiger partial charge is 0.403 e. The summed E-state index contributed by atoms with van der Waals surface area (Å²) in [5.41, 5.74) is 0. The highest BCUT2D eigenvalue weighted by atomic mass is 28.4. The first-order chi connectivity index (χ1) is 12.3. The molecule has 2 aromatic carbocycles. The van der Waals surface area contributed by atoms with Crippen LogP contribution < -0.4 is 15.7 Å². The van der Waals surface area contributed by atoms with Gasteiger partial charge in [0, 0.05) is 12.6 Å². The van der Waals surface area contributed by atoms with Crippen molar-refractivity contribution in [2.24, 2.45) is 0 Å². The highest BCUT2D eigenvalue weighted by Gasteiger charge is 2.50. The van der Waals surface area contributed by atoms with Crippen molar-refractivity contribution in [3.05, 3.63) is 60.7 Å². The van der Waals surface area contributed by atoms with Gasteiger partial charge in [-0.1, -0.05) is 81.4 Å². The first kappa shape index (κ1) is 20.8. The molecule has 2 N–H and O–H groups in total. The van der Waals surface area contributed by atoms with Crippen molar-refractivity contribution < 1.29 is 9.53 Å². The standard InChI is InChI=1S/C22H33NO2Si/c1-18(17-24)23-16-19(2)25-26(22(3,4)5,20-12-8-6-9-13-20)21-14-10-7-11-15-21/h6-15,18-19,23-24H,16-17H2,1-5H3/t18-,19+/m0/s1. The maximum absolute atomic E-state index is 9.27. The summed E-state index contributed by atoms with van der Waals surface area (Å²) in [6, 6.07) is 21.4. The van der Waals surface area contributed by atoms with Gasteiger partial charge in [0.1, 0.15) is 0 Å². The zero-order valence-corrected chi connectivity index (χ0v) is 17.7. The summed E-state index contributed by atoms with van der Waals surface area (Å²) in [5, 5.41) is 15.2. The fourth-order valence-corrected chi connectivity index (χ4v) is 8.17. The smallest absolute Gasteiger partial charge is 0.261 e. The van der Waals surface area contributed by atoms with Gasteiger partial charge in [-0.15, -0.1) is 0 Å². The minimum atomic E-state index is -2.50. The van der Waals surface area contributed by atoms with Crippen LogP contribution in [0, 0.1) is 0 Å². The predicted octanol–water partition coefficient (Wildman–Crippen LogP) is 2.92. The molecule has 0 saturated carbocycles. The molecule has 0 saturated heterocycles. The molecule has 2 atom stereocenters. The molecule has 0 amide bonds. The van der Waals surface area contributed by atoms with Crippen LogP contribution in [-0.2, 0) is 4.43 Å². The zero-order valence-electron chi connectivity index (χ0n) is 16.7. The monoisotopic (exact) mass is 371 g/mol. The Morgan fingerprint density at radius 3 is 1.77 bits per heavy atom. The van der Waals surface area contributed by atoms with Crippen LogP contribution in [0.15, 0.2) is 60.7 Å². The van der Waals surface area contributed by atoms with E-state index in [9.17, 15) is 5.11 Å². The summed E-state index contributed by atoms with van der Waals surface area (Å²) in [6.45, 7) is 11.8. The summed E-state index contributed by atoms with van der Waals surface area (Å²) in [7, 11) is -2.50. The highest BCUT2D eigenvalue weighted by molar-refractivity contribution is 6.99. The van der Waals surface area contributed by atoms with Crippen LogP contribution in [0.5, 0.6) is 0 Å². The van der Waals surface area contributed by atoms with E-state index in [0.29, 0.717) is 6.54 Å². The second-order valence-corrected chi connectivity index (χ2v) is 12.3. The summed E-state index contributed by atoms with van der Waals surface area (Å²) in [4.78, 5) is 0. The molecule has 0 bridgehead atoms. The Morgan fingerprint density at radius 2 is 1.38 bits per heavy atom. The molecule has 0 fully saturated rings. The van der Waals surface area contributed by atoms with Crippen molar-refractivity contribution >= 4 is 18.7 Å². The predicted molar refractivity (Wildman–Crippen MR) is 113 cm³/mol. The number of aliphatic hydroxyl groups excluding tert-OH is 1. The maximum Gasteiger partial charge on any atom is 0.261 e. The van der Waals surface area contributed by atoms with Gasteiger partial charge in [0.15, 0.2) is 0 Å². The lowest BCUT2D eigenvalue weighted by atomic mass is 10.2. The summed E-state index contributed by atoms with van der Waals surface area (Å²) in [5.74, 6) is 0. The fourth-order valence-electron chi connectivity index (χ4n) is 3.47. The average Bonchev–Trinajstić information content (AvgIpc) is 2.64. The number of rotatable bonds is 8. The van der Waals surface area contributed by atoms with Crippen molar-refractivity contribution in [3.63, 3.8) is 0 Å². The lowest BCUT2D eigenvalue weighted by molar-refractivity contribution is 0.185. The molecular weight excluding hydrogens is 338 g/mol. The highest BCUT2D eigenvalue weighted by Crippen LogP contribution is 2.37. The van der Waals surface area contributed by atoms with E-state index in [2.05, 4.69) is 93.7 Å². The molecule has 0 heterocycles. The van der Waals surface area contributed by atoms with E-state index in [1.807, 2.05) is 6.92 Å². The number of benzene rings is 2. The molecule has 0 radical (unpaired) electrons. The van der Waals surface area contributed by atoms with E-state index in [0.717, 1.165) is 0 Å². The van der Waals surface area contributed by atoms with Crippen molar-refractivity contribution in [1.29, 1.82) is 0 Å². The van der Waals surface area contributed by atoms with Gasteiger partial charge in [0.2, 0.25) is 0 Å². The Labute approximate surface area is 159 Å². The molecule has 26 heavy (non-hydrogen) atoms. The third kappa shape index (κ3) is 4.63. The van der Waals surface area contributed by atoms with Crippen LogP contribution >= 0.6 is 0 Å². The fraction of sp³-hybridized carbons (Fsp3) is 0.455. The van der Waals surface area contributed by atoms with Gasteiger partial charge in [-0.05, 0) is 29.3 Å². The van der Waals surface area contributed by atoms with Crippen molar-refractivity contribution in [2.75, 3.05) is 13.2 Å². The van der Waals surface area contributed by atoms with Gasteiger partial charge in [-0.25, -0.2) is 0 Å². The molecule has 2 rings (SSSR count). The normalized spacial score (nSPS) is 14.8. The third-order valence-corrected chi connectivity index (χ3v) is 9.98. The lowest BCUT2D eigenvalue weighted by Crippen LogP contribution is -2.68. The van der Waals surface area contributed by atoms with Crippen LogP contribution in [0.3, 0.4) is 0 Å². The molecule has 3 nitrogen and oxygen atoms in total. The van der Waals surface area contributed by atoms with Gasteiger partial charge in [-0.2, -0.15) is 0 Å². The summed E-state index contributed by atoms with van der Waals surface area (Å²) < 4.78 is 6.96. The lowest BCUT2D eigenvalue weighted by Gasteiger charge is -2.44. The molecule has 4 heteroatoms. The molecule has 2 aromatic rings. The molecule has 142 valence electrons. The SMILES string of the molecule is C[C@H](CN[C@@H](C)CO)O[Si](c1ccccc1)(c1ccccc1)C(C)(C)C. The van der Waals surface area contributed by atoms with Crippen molar-refractivity contribution in [3.8, 4) is 0 Å². The second kappa shape index (κ2) is 8.96. The van der Waals surface area contributed by atoms with E-state index in [4.69, 9.17) is 4.43 Å². The van der Waals surface area contributed by atoms with Crippen LogP contribution in [0.1, 0.15) is 34.6 Å². The van der Waals surface area contributed by atoms with Gasteiger partial charge in [0.25, 0.3) is 8.32 Å². The van der Waals surface area contributed by atoms with Crippen LogP contribution in [0.2, 0.25) is 5.04 Å². The van der Waals surface area contributed by atoms with Crippen LogP contribution in [0.25, 0.3) is 0 Å². The maximum atomic E-state index is 9.27. The summed E-state index contributed by atoms with van der Waals surface area (Å²) in [6.07, 6.45) is 0.0373. The van der Waals surface area contributed by atoms with Gasteiger partial charge < -0.3 is 14.8 Å². The Bertz CT molecular complexity index is 615. The first-order valence-electron chi connectivity index (χ1n) is 9.44. The summed E-state index contributed by atoms with van der Waals surface area (Å²) >= 11 is 0. The third-order valence-electron chi connectivity index (χ3n) is 4.82. The van der Waals surface area contributed by atoms with Crippen LogP contribution in [0.4, 0.5) is 0 Å². The molecule has 0 aliphatic heterocycles. The Morgan fingerprint density at radius 1 is 0.923 bits per heavy atom. The number of hydrogen-bond acceptors (Lipinski definition) is 3. The minimum absolute atomic E-state index is 0.0213. The average molecular weight is 372 g/mol. The van der Waals surface area contributed by atoms with E-state index in [1.165, 1.54) is 10.4 Å². The van der Waals surface area contributed by atoms with Gasteiger partial charge in [0.05, 0.1) is 12.7 Å². The first-order valence-corrected chi connectivity index (χ1v) is 11.3. The van der Waals surface area contributed by atoms with Gasteiger partial charge >= 0.3 is 0 Å². The second-order valence-electron chi connectivity index (χ2n) is 8.08. The van der Waals surface area contributed by atoms with E-state index < -0.39 is 8.32 Å². The minimum Gasteiger partial charge on any atom is -0.403 e. The molecule has 0 spiro atoms. The van der Waals surface area contributed by atoms with Crippen molar-refractivity contribution in [1.82, 2.24) is 5.32 Å². The topological polar surface area (TPSA) is 41.5 Å². The number of aliphatic hydroxyl groups is 1. The number of nitrogens with one attached hydrogen (secondary N) is 1. The molecule has 0 aliphatic rings. The molecule has 0 aliphatic carbocycles. The van der Waals surface area contributed by atoms with E-state index >= 15 is 0 Å². The number of hydrogen-bond donors (Lipinski definition) is 2. The molecule has 0 aromatic heterocycles. The van der Waals surface area contributed by atoms with E-state index in [-0.39, 0.29) is 23.8 Å². The van der Waals surface area contributed by atoms with E-state index in [1.54, 1.807) is 0 Å². The van der Waals surface area contributed by atoms with Gasteiger partial charge in [-0.3, -0.25) is 0 Å². The quantitative estimate of drug-likeness (QED) is 0.701. The molecular formula is C22H33NO2Si. The van der Waals surface area contributed by atoms with Crippen molar-refractivity contribution in [2.45, 2.75) is 51.8 Å². The zero-order chi connectivity index (χ0) is 19.2. The Balaban J connectivity index is 2.47. The molecule has 0 unspecified atom stereocenters. The Hall–Kier alpha value is -1.46.